The first-order valence-electron chi connectivity index (χ1n) is 8.29. The third-order valence-corrected chi connectivity index (χ3v) is 4.52. The van der Waals surface area contributed by atoms with Gasteiger partial charge in [-0.2, -0.15) is 5.10 Å². The summed E-state index contributed by atoms with van der Waals surface area (Å²) in [6, 6.07) is 7.18. The van der Waals surface area contributed by atoms with Gasteiger partial charge in [0.05, 0.1) is 12.8 Å². The molecule has 1 aromatic carbocycles. The highest BCUT2D eigenvalue weighted by Crippen LogP contribution is 2.34. The Morgan fingerprint density at radius 1 is 1.20 bits per heavy atom. The van der Waals surface area contributed by atoms with Crippen LogP contribution in [0.3, 0.4) is 0 Å². The molecule has 0 bridgehead atoms. The van der Waals surface area contributed by atoms with E-state index in [2.05, 4.69) is 17.0 Å². The van der Waals surface area contributed by atoms with Crippen LogP contribution in [-0.4, -0.2) is 59.1 Å². The molecule has 1 aromatic heterocycles. The average Bonchev–Trinajstić information content (AvgIpc) is 2.99. The molecule has 1 fully saturated rings. The van der Waals surface area contributed by atoms with Crippen LogP contribution in [0.25, 0.3) is 11.3 Å². The fraction of sp³-hybridized carbons (Fsp3) is 0.444. The van der Waals surface area contributed by atoms with Crippen molar-refractivity contribution < 1.29 is 19.4 Å². The van der Waals surface area contributed by atoms with E-state index in [1.807, 2.05) is 18.2 Å². The zero-order valence-electron chi connectivity index (χ0n) is 14.7. The van der Waals surface area contributed by atoms with Gasteiger partial charge in [-0.1, -0.05) is 0 Å². The van der Waals surface area contributed by atoms with Crippen LogP contribution < -0.4 is 9.47 Å². The van der Waals surface area contributed by atoms with Gasteiger partial charge >= 0.3 is 5.97 Å². The van der Waals surface area contributed by atoms with Gasteiger partial charge in [0.2, 0.25) is 0 Å². The first kappa shape index (κ1) is 17.3. The average molecular weight is 345 g/mol. The van der Waals surface area contributed by atoms with E-state index in [1.54, 1.807) is 24.9 Å². The van der Waals surface area contributed by atoms with Crippen LogP contribution in [0.1, 0.15) is 23.3 Å². The molecular weight excluding hydrogens is 322 g/mol. The minimum atomic E-state index is -1.05. The van der Waals surface area contributed by atoms with E-state index >= 15 is 0 Å². The SMILES string of the molecule is COc1cc(-c2cc(C(=O)O)nn2C)ccc1OC1CCN(C)CC1. The lowest BCUT2D eigenvalue weighted by molar-refractivity contribution is 0.0689. The minimum absolute atomic E-state index is 0.0168. The molecule has 7 heteroatoms. The molecule has 1 aliphatic rings. The van der Waals surface area contributed by atoms with Crippen molar-refractivity contribution in [1.29, 1.82) is 0 Å². The number of carboxylic acid groups (broad SMARTS) is 1. The molecule has 2 heterocycles. The normalized spacial score (nSPS) is 16.0. The van der Waals surface area contributed by atoms with Crippen molar-refractivity contribution in [2.75, 3.05) is 27.2 Å². The van der Waals surface area contributed by atoms with Crippen molar-refractivity contribution in [3.8, 4) is 22.8 Å². The molecular formula is C18H23N3O4. The Morgan fingerprint density at radius 2 is 1.92 bits per heavy atom. The number of benzene rings is 1. The van der Waals surface area contributed by atoms with Crippen molar-refractivity contribution in [2.24, 2.45) is 7.05 Å². The quantitative estimate of drug-likeness (QED) is 0.896. The van der Waals surface area contributed by atoms with Crippen LogP contribution in [0.15, 0.2) is 24.3 Å². The second-order valence-electron chi connectivity index (χ2n) is 6.33. The third-order valence-electron chi connectivity index (χ3n) is 4.52. The molecule has 1 N–H and O–H groups in total. The Morgan fingerprint density at radius 3 is 2.52 bits per heavy atom. The summed E-state index contributed by atoms with van der Waals surface area (Å²) in [5, 5.41) is 13.1. The highest BCUT2D eigenvalue weighted by Gasteiger charge is 2.20. The van der Waals surface area contributed by atoms with Crippen LogP contribution >= 0.6 is 0 Å². The molecule has 7 nitrogen and oxygen atoms in total. The number of nitrogens with zero attached hydrogens (tertiary/aromatic N) is 3. The zero-order valence-corrected chi connectivity index (χ0v) is 14.7. The van der Waals surface area contributed by atoms with E-state index in [9.17, 15) is 4.79 Å². The molecule has 0 unspecified atom stereocenters. The van der Waals surface area contributed by atoms with Gasteiger partial charge in [-0.15, -0.1) is 0 Å². The van der Waals surface area contributed by atoms with Crippen molar-refractivity contribution >= 4 is 5.97 Å². The number of likely N-dealkylation sites (tertiary alicyclic amines) is 1. The molecule has 25 heavy (non-hydrogen) atoms. The van der Waals surface area contributed by atoms with Crippen LogP contribution in [-0.2, 0) is 7.05 Å². The second kappa shape index (κ2) is 7.14. The largest absolute Gasteiger partial charge is 0.493 e. The lowest BCUT2D eigenvalue weighted by Gasteiger charge is -2.29. The molecule has 134 valence electrons. The summed E-state index contributed by atoms with van der Waals surface area (Å²) in [6.45, 7) is 2.05. The van der Waals surface area contributed by atoms with Gasteiger partial charge in [-0.05, 0) is 44.2 Å². The van der Waals surface area contributed by atoms with E-state index < -0.39 is 5.97 Å². The molecule has 0 saturated carbocycles. The van der Waals surface area contributed by atoms with Crippen molar-refractivity contribution in [3.05, 3.63) is 30.0 Å². The molecule has 1 aliphatic heterocycles. The number of methoxy groups -OCH3 is 1. The number of hydrogen-bond donors (Lipinski definition) is 1. The number of carboxylic acids is 1. The van der Waals surface area contributed by atoms with Crippen molar-refractivity contribution in [1.82, 2.24) is 14.7 Å². The first-order valence-corrected chi connectivity index (χ1v) is 8.29. The fourth-order valence-corrected chi connectivity index (χ4v) is 3.05. The van der Waals surface area contributed by atoms with E-state index in [0.717, 1.165) is 31.5 Å². The molecule has 0 aliphatic carbocycles. The first-order chi connectivity index (χ1) is 12.0. The Bertz CT molecular complexity index is 764. The van der Waals surface area contributed by atoms with Gasteiger partial charge in [-0.25, -0.2) is 4.79 Å². The van der Waals surface area contributed by atoms with E-state index in [1.165, 1.54) is 0 Å². The van der Waals surface area contributed by atoms with Gasteiger partial charge in [0.1, 0.15) is 6.10 Å². The van der Waals surface area contributed by atoms with Gasteiger partial charge in [0, 0.05) is 25.7 Å². The lowest BCUT2D eigenvalue weighted by Crippen LogP contribution is -2.35. The lowest BCUT2D eigenvalue weighted by atomic mass is 10.1. The molecule has 0 atom stereocenters. The Labute approximate surface area is 146 Å². The number of ether oxygens (including phenoxy) is 2. The van der Waals surface area contributed by atoms with Crippen molar-refractivity contribution in [3.63, 3.8) is 0 Å². The standard InChI is InChI=1S/C18H23N3O4/c1-20-8-6-13(7-9-20)25-16-5-4-12(10-17(16)24-3)15-11-14(18(22)23)19-21(15)2/h4-5,10-11,13H,6-9H2,1-3H3,(H,22,23). The summed E-state index contributed by atoms with van der Waals surface area (Å²) < 4.78 is 13.2. The second-order valence-corrected chi connectivity index (χ2v) is 6.33. The number of aryl methyl sites for hydroxylation is 1. The Balaban J connectivity index is 1.83. The molecule has 0 spiro atoms. The maximum atomic E-state index is 11.1. The highest BCUT2D eigenvalue weighted by atomic mass is 16.5. The number of piperidine rings is 1. The topological polar surface area (TPSA) is 76.8 Å². The highest BCUT2D eigenvalue weighted by molar-refractivity contribution is 5.87. The molecule has 0 radical (unpaired) electrons. The summed E-state index contributed by atoms with van der Waals surface area (Å²) in [7, 11) is 5.44. The van der Waals surface area contributed by atoms with E-state index in [-0.39, 0.29) is 11.8 Å². The van der Waals surface area contributed by atoms with E-state index in [4.69, 9.17) is 14.6 Å². The van der Waals surface area contributed by atoms with Gasteiger partial charge < -0.3 is 19.5 Å². The van der Waals surface area contributed by atoms with Crippen LogP contribution in [0.5, 0.6) is 11.5 Å². The number of aromatic nitrogens is 2. The summed E-state index contributed by atoms with van der Waals surface area (Å²) >= 11 is 0. The van der Waals surface area contributed by atoms with E-state index in [0.29, 0.717) is 17.2 Å². The number of aromatic carboxylic acids is 1. The van der Waals surface area contributed by atoms with Crippen LogP contribution in [0.4, 0.5) is 0 Å². The number of carbonyl (C=O) groups is 1. The van der Waals surface area contributed by atoms with Crippen molar-refractivity contribution in [2.45, 2.75) is 18.9 Å². The molecule has 0 amide bonds. The number of rotatable bonds is 5. The summed E-state index contributed by atoms with van der Waals surface area (Å²) in [5.74, 6) is 0.298. The maximum Gasteiger partial charge on any atom is 0.356 e. The predicted octanol–water partition coefficient (Wildman–Crippen LogP) is 2.27. The van der Waals surface area contributed by atoms with Crippen LogP contribution in [0.2, 0.25) is 0 Å². The predicted molar refractivity (Wildman–Crippen MR) is 93.3 cm³/mol. The number of hydrogen-bond acceptors (Lipinski definition) is 5. The maximum absolute atomic E-state index is 11.1. The minimum Gasteiger partial charge on any atom is -0.493 e. The Kier molecular flexibility index (Phi) is 4.94. The summed E-state index contributed by atoms with van der Waals surface area (Å²) in [5.41, 5.74) is 1.56. The summed E-state index contributed by atoms with van der Waals surface area (Å²) in [4.78, 5) is 13.4. The third kappa shape index (κ3) is 3.76. The Hall–Kier alpha value is -2.54. The fourth-order valence-electron chi connectivity index (χ4n) is 3.05. The van der Waals surface area contributed by atoms with Gasteiger partial charge in [0.15, 0.2) is 17.2 Å². The van der Waals surface area contributed by atoms with Gasteiger partial charge in [0.25, 0.3) is 0 Å². The molecule has 2 aromatic rings. The molecule has 1 saturated heterocycles. The summed E-state index contributed by atoms with van der Waals surface area (Å²) in [6.07, 6.45) is 2.17. The van der Waals surface area contributed by atoms with Crippen LogP contribution in [0, 0.1) is 0 Å². The monoisotopic (exact) mass is 345 g/mol. The molecule has 3 rings (SSSR count). The van der Waals surface area contributed by atoms with Gasteiger partial charge in [-0.3, -0.25) is 4.68 Å². The smallest absolute Gasteiger partial charge is 0.356 e. The zero-order chi connectivity index (χ0) is 18.0.